The first-order chi connectivity index (χ1) is 37.2. The fourth-order valence-corrected chi connectivity index (χ4v) is 11.7. The van der Waals surface area contributed by atoms with E-state index in [1.54, 1.807) is 0 Å². The van der Waals surface area contributed by atoms with Gasteiger partial charge in [-0.2, -0.15) is 0 Å². The predicted octanol–water partition coefficient (Wildman–Crippen LogP) is 20.3. The Morgan fingerprint density at radius 3 is 1.37 bits per heavy atom. The lowest BCUT2D eigenvalue weighted by atomic mass is 9.95. The SMILES string of the molecule is c1cc(-c2ccc(N(c3ccc(-c4cccc(-n5c6ccccc6c6ccccc65)c4)cc3)c3ccc(-c4cccc5c4oc4c6ccccc6ccc54)cc3)cc2)cc(-c2ccc3c(ccc4ccccc43)c2)c1. The maximum atomic E-state index is 6.78. The van der Waals surface area contributed by atoms with E-state index in [0.717, 1.165) is 77.9 Å². The van der Waals surface area contributed by atoms with Crippen LogP contribution in [0.4, 0.5) is 17.1 Å². The number of fused-ring (bicyclic) bond motifs is 11. The smallest absolute Gasteiger partial charge is 0.143 e. The molecule has 2 aromatic heterocycles. The summed E-state index contributed by atoms with van der Waals surface area (Å²) in [5.41, 5.74) is 17.8. The fourth-order valence-electron chi connectivity index (χ4n) is 11.7. The van der Waals surface area contributed by atoms with Crippen LogP contribution in [0.2, 0.25) is 0 Å². The zero-order valence-electron chi connectivity index (χ0n) is 40.9. The minimum Gasteiger partial charge on any atom is -0.455 e. The molecule has 0 N–H and O–H groups in total. The van der Waals surface area contributed by atoms with E-state index in [0.29, 0.717) is 0 Å². The van der Waals surface area contributed by atoms with Gasteiger partial charge in [0, 0.05) is 55.2 Å². The Morgan fingerprint density at radius 1 is 0.253 bits per heavy atom. The van der Waals surface area contributed by atoms with E-state index >= 15 is 0 Å². The molecule has 0 aliphatic rings. The topological polar surface area (TPSA) is 21.3 Å². The van der Waals surface area contributed by atoms with Crippen molar-refractivity contribution in [2.24, 2.45) is 0 Å². The summed E-state index contributed by atoms with van der Waals surface area (Å²) in [4.78, 5) is 2.36. The lowest BCUT2D eigenvalue weighted by Gasteiger charge is -2.26. The van der Waals surface area contributed by atoms with Gasteiger partial charge in [0.25, 0.3) is 0 Å². The van der Waals surface area contributed by atoms with E-state index in [9.17, 15) is 0 Å². The molecule has 350 valence electrons. The van der Waals surface area contributed by atoms with Crippen LogP contribution >= 0.6 is 0 Å². The standard InChI is InChI=1S/C72H46N2O/c1-3-18-61-49(12-1)26-27-56-45-55(35-42-62(56)61)53-15-9-14-52(44-53)47-28-36-57(37-29-47)73(59-40-32-51(33-41-59)64-22-11-23-67-68-43-34-50-13-2-4-19-63(50)72(68)75-71(64)67)58-38-30-48(31-39-58)54-16-10-17-60(46-54)74-69-24-7-5-20-65(69)66-21-6-8-25-70(66)74/h1-46H. The molecule has 3 heteroatoms. The summed E-state index contributed by atoms with van der Waals surface area (Å²) in [6, 6.07) is 101. The van der Waals surface area contributed by atoms with Crippen LogP contribution in [-0.4, -0.2) is 4.57 Å². The van der Waals surface area contributed by atoms with E-state index in [2.05, 4.69) is 289 Å². The zero-order valence-corrected chi connectivity index (χ0v) is 40.9. The van der Waals surface area contributed by atoms with Crippen molar-refractivity contribution in [1.29, 1.82) is 0 Å². The third-order valence-electron chi connectivity index (χ3n) is 15.4. The van der Waals surface area contributed by atoms with Crippen molar-refractivity contribution >= 4 is 93.1 Å². The minimum absolute atomic E-state index is 0.903. The maximum Gasteiger partial charge on any atom is 0.143 e. The van der Waals surface area contributed by atoms with Crippen molar-refractivity contribution in [2.75, 3.05) is 4.90 Å². The number of benzene rings is 13. The van der Waals surface area contributed by atoms with Crippen LogP contribution in [0.15, 0.2) is 283 Å². The average Bonchev–Trinajstić information content (AvgIpc) is 4.05. The second-order valence-electron chi connectivity index (χ2n) is 19.6. The molecule has 0 aliphatic carbocycles. The molecule has 0 saturated heterocycles. The molecule has 0 aliphatic heterocycles. The highest BCUT2D eigenvalue weighted by atomic mass is 16.3. The van der Waals surface area contributed by atoms with Crippen molar-refractivity contribution < 1.29 is 4.42 Å². The van der Waals surface area contributed by atoms with Gasteiger partial charge in [-0.1, -0.05) is 200 Å². The first kappa shape index (κ1) is 42.7. The molecule has 0 radical (unpaired) electrons. The van der Waals surface area contributed by atoms with Crippen LogP contribution in [0.25, 0.3) is 126 Å². The number of hydrogen-bond acceptors (Lipinski definition) is 2. The second-order valence-corrected chi connectivity index (χ2v) is 19.6. The summed E-state index contributed by atoms with van der Waals surface area (Å²) in [5, 5.41) is 12.1. The number of aromatic nitrogens is 1. The Morgan fingerprint density at radius 2 is 0.693 bits per heavy atom. The van der Waals surface area contributed by atoms with Crippen LogP contribution in [-0.2, 0) is 0 Å². The Bertz CT molecular complexity index is 4640. The molecular formula is C72H46N2O. The van der Waals surface area contributed by atoms with Gasteiger partial charge in [0.05, 0.1) is 11.0 Å². The molecule has 0 spiro atoms. The summed E-state index contributed by atoms with van der Waals surface area (Å²) in [6.45, 7) is 0. The summed E-state index contributed by atoms with van der Waals surface area (Å²) in [7, 11) is 0. The van der Waals surface area contributed by atoms with Gasteiger partial charge in [-0.05, 0) is 145 Å². The van der Waals surface area contributed by atoms with Crippen LogP contribution in [0, 0.1) is 0 Å². The first-order valence-electron chi connectivity index (χ1n) is 25.7. The summed E-state index contributed by atoms with van der Waals surface area (Å²) in [6.07, 6.45) is 0. The Labute approximate surface area is 434 Å². The quantitative estimate of drug-likeness (QED) is 0.142. The zero-order chi connectivity index (χ0) is 49.4. The van der Waals surface area contributed by atoms with Gasteiger partial charge in [-0.25, -0.2) is 0 Å². The Kier molecular flexibility index (Phi) is 9.89. The fraction of sp³-hybridized carbons (Fsp3) is 0. The largest absolute Gasteiger partial charge is 0.455 e. The third-order valence-corrected chi connectivity index (χ3v) is 15.4. The molecule has 15 aromatic rings. The highest BCUT2D eigenvalue weighted by Gasteiger charge is 2.18. The van der Waals surface area contributed by atoms with Gasteiger partial charge >= 0.3 is 0 Å². The van der Waals surface area contributed by atoms with E-state index in [1.807, 2.05) is 0 Å². The molecule has 0 fully saturated rings. The number of furan rings is 1. The summed E-state index contributed by atoms with van der Waals surface area (Å²) in [5.74, 6) is 0. The number of anilines is 3. The number of hydrogen-bond donors (Lipinski definition) is 0. The lowest BCUT2D eigenvalue weighted by Crippen LogP contribution is -2.09. The van der Waals surface area contributed by atoms with Gasteiger partial charge in [0.1, 0.15) is 11.2 Å². The monoisotopic (exact) mass is 954 g/mol. The summed E-state index contributed by atoms with van der Waals surface area (Å²) < 4.78 is 9.17. The van der Waals surface area contributed by atoms with E-state index < -0.39 is 0 Å². The Hall–Kier alpha value is -9.96. The third kappa shape index (κ3) is 7.20. The van der Waals surface area contributed by atoms with Gasteiger partial charge in [-0.15, -0.1) is 0 Å². The molecule has 0 bridgehead atoms. The Balaban J connectivity index is 0.795. The van der Waals surface area contributed by atoms with Crippen molar-refractivity contribution in [3.8, 4) is 50.2 Å². The first-order valence-corrected chi connectivity index (χ1v) is 25.7. The predicted molar refractivity (Wildman–Crippen MR) is 317 cm³/mol. The maximum absolute atomic E-state index is 6.78. The highest BCUT2D eigenvalue weighted by molar-refractivity contribution is 6.17. The highest BCUT2D eigenvalue weighted by Crippen LogP contribution is 2.42. The van der Waals surface area contributed by atoms with Crippen molar-refractivity contribution in [3.63, 3.8) is 0 Å². The molecule has 15 rings (SSSR count). The number of nitrogens with zero attached hydrogens (tertiary/aromatic N) is 2. The molecule has 2 heterocycles. The molecule has 0 amide bonds. The van der Waals surface area contributed by atoms with Gasteiger partial charge in [-0.3, -0.25) is 0 Å². The molecule has 13 aromatic carbocycles. The molecule has 0 atom stereocenters. The van der Waals surface area contributed by atoms with E-state index in [1.165, 1.54) is 65.4 Å². The normalized spacial score (nSPS) is 11.7. The van der Waals surface area contributed by atoms with Crippen molar-refractivity contribution in [3.05, 3.63) is 279 Å². The van der Waals surface area contributed by atoms with Crippen molar-refractivity contribution in [1.82, 2.24) is 4.57 Å². The van der Waals surface area contributed by atoms with Crippen LogP contribution in [0.3, 0.4) is 0 Å². The molecule has 75 heavy (non-hydrogen) atoms. The van der Waals surface area contributed by atoms with Gasteiger partial charge in [0.2, 0.25) is 0 Å². The molecule has 0 unspecified atom stereocenters. The summed E-state index contributed by atoms with van der Waals surface area (Å²) >= 11 is 0. The average molecular weight is 955 g/mol. The van der Waals surface area contributed by atoms with E-state index in [4.69, 9.17) is 4.42 Å². The van der Waals surface area contributed by atoms with Crippen molar-refractivity contribution in [2.45, 2.75) is 0 Å². The van der Waals surface area contributed by atoms with E-state index in [-0.39, 0.29) is 0 Å². The molecule has 0 saturated carbocycles. The molecule has 3 nitrogen and oxygen atoms in total. The van der Waals surface area contributed by atoms with Gasteiger partial charge in [0.15, 0.2) is 0 Å². The number of rotatable bonds is 8. The number of para-hydroxylation sites is 3. The van der Waals surface area contributed by atoms with Crippen LogP contribution in [0.1, 0.15) is 0 Å². The molecular weight excluding hydrogens is 909 g/mol. The minimum atomic E-state index is 0.903. The van der Waals surface area contributed by atoms with Crippen LogP contribution in [0.5, 0.6) is 0 Å². The second kappa shape index (κ2) is 17.4. The van der Waals surface area contributed by atoms with Crippen LogP contribution < -0.4 is 4.90 Å². The lowest BCUT2D eigenvalue weighted by molar-refractivity contribution is 0.674. The van der Waals surface area contributed by atoms with Gasteiger partial charge < -0.3 is 13.9 Å².